The molecule has 2 N–H and O–H groups in total. The van der Waals surface area contributed by atoms with Crippen LogP contribution in [0.25, 0.3) is 0 Å². The van der Waals surface area contributed by atoms with Gasteiger partial charge in [0.05, 0.1) is 85.9 Å². The third-order valence-electron chi connectivity index (χ3n) is 4.78. The molecule has 210 valence electrons. The first-order valence-electron chi connectivity index (χ1n) is 12.9. The highest BCUT2D eigenvalue weighted by Crippen LogP contribution is 2.12. The van der Waals surface area contributed by atoms with Gasteiger partial charge in [0, 0.05) is 18.2 Å². The Morgan fingerprint density at radius 1 is 0.444 bits per heavy atom. The molecule has 1 aromatic carbocycles. The number of alkyl halides is 1. The van der Waals surface area contributed by atoms with E-state index >= 15 is 0 Å². The monoisotopic (exact) mass is 535 g/mol. The summed E-state index contributed by atoms with van der Waals surface area (Å²) in [4.78, 5) is 0. The number of halogens is 1. The molecule has 0 aliphatic heterocycles. The summed E-state index contributed by atoms with van der Waals surface area (Å²) in [5, 5.41) is 0. The summed E-state index contributed by atoms with van der Waals surface area (Å²) in [7, 11) is 0. The summed E-state index contributed by atoms with van der Waals surface area (Å²) in [6, 6.07) is 7.28. The molecule has 0 bridgehead atoms. The molecule has 0 amide bonds. The Labute approximate surface area is 221 Å². The van der Waals surface area contributed by atoms with Crippen molar-refractivity contribution in [2.45, 2.75) is 25.7 Å². The number of unbranched alkanes of at least 4 members (excludes halogenated alkanes) is 3. The topological polar surface area (TPSA) is 99.9 Å². The van der Waals surface area contributed by atoms with Crippen molar-refractivity contribution in [3.63, 3.8) is 0 Å². The number of benzene rings is 1. The van der Waals surface area contributed by atoms with Gasteiger partial charge in [-0.1, -0.05) is 12.8 Å². The number of nitrogens with two attached hydrogens (primary N) is 1. The van der Waals surface area contributed by atoms with E-state index in [1.807, 2.05) is 12.1 Å². The van der Waals surface area contributed by atoms with E-state index < -0.39 is 0 Å². The zero-order valence-corrected chi connectivity index (χ0v) is 22.4. The molecule has 0 aliphatic rings. The van der Waals surface area contributed by atoms with Crippen molar-refractivity contribution >= 4 is 17.3 Å². The molecule has 9 nitrogen and oxygen atoms in total. The normalized spacial score (nSPS) is 11.2. The second-order valence-corrected chi connectivity index (χ2v) is 8.19. The second kappa shape index (κ2) is 26.9. The fourth-order valence-corrected chi connectivity index (χ4v) is 3.05. The molecule has 0 fully saturated rings. The van der Waals surface area contributed by atoms with E-state index in [1.165, 1.54) is 12.8 Å². The van der Waals surface area contributed by atoms with Crippen molar-refractivity contribution in [2.24, 2.45) is 0 Å². The number of rotatable bonds is 28. The summed E-state index contributed by atoms with van der Waals surface area (Å²) >= 11 is 5.64. The molecule has 36 heavy (non-hydrogen) atoms. The molecule has 0 saturated heterocycles. The van der Waals surface area contributed by atoms with Gasteiger partial charge < -0.3 is 43.6 Å². The minimum Gasteiger partial charge on any atom is -0.491 e. The molecule has 0 saturated carbocycles. The lowest BCUT2D eigenvalue weighted by Crippen LogP contribution is -2.15. The Bertz CT molecular complexity index is 567. The predicted molar refractivity (Wildman–Crippen MR) is 141 cm³/mol. The highest BCUT2D eigenvalue weighted by Gasteiger charge is 1.96. The van der Waals surface area contributed by atoms with Gasteiger partial charge in [0.25, 0.3) is 0 Å². The lowest BCUT2D eigenvalue weighted by molar-refractivity contribution is -0.0213. The first-order chi connectivity index (χ1) is 17.8. The Kier molecular flexibility index (Phi) is 24.5. The van der Waals surface area contributed by atoms with E-state index in [0.717, 1.165) is 31.1 Å². The second-order valence-electron chi connectivity index (χ2n) is 7.81. The van der Waals surface area contributed by atoms with Crippen LogP contribution < -0.4 is 10.5 Å². The molecule has 0 atom stereocenters. The molecule has 0 spiro atoms. The van der Waals surface area contributed by atoms with Crippen LogP contribution in [0.5, 0.6) is 5.75 Å². The number of anilines is 1. The summed E-state index contributed by atoms with van der Waals surface area (Å²) in [6.07, 6.45) is 4.51. The van der Waals surface area contributed by atoms with Crippen LogP contribution in [0.3, 0.4) is 0 Å². The standard InChI is InChI=1S/C26H46ClNO8/c27-9-3-1-2-4-10-29-11-12-30-13-14-31-15-16-32-17-18-33-19-20-34-21-22-35-23-24-36-26-7-5-25(28)6-8-26/h5-8H,1-4,9-24,28H2. The van der Waals surface area contributed by atoms with Crippen molar-refractivity contribution in [1.82, 2.24) is 0 Å². The maximum Gasteiger partial charge on any atom is 0.119 e. The largest absolute Gasteiger partial charge is 0.491 e. The highest BCUT2D eigenvalue weighted by molar-refractivity contribution is 6.17. The first kappa shape index (κ1) is 32.9. The highest BCUT2D eigenvalue weighted by atomic mass is 35.5. The van der Waals surface area contributed by atoms with E-state index in [4.69, 9.17) is 55.2 Å². The summed E-state index contributed by atoms with van der Waals surface area (Å²) < 4.78 is 43.8. The van der Waals surface area contributed by atoms with Crippen LogP contribution in [0.4, 0.5) is 5.69 Å². The van der Waals surface area contributed by atoms with E-state index in [0.29, 0.717) is 98.2 Å². The Morgan fingerprint density at radius 3 is 1.22 bits per heavy atom. The Balaban J connectivity index is 1.65. The number of ether oxygens (including phenoxy) is 8. The van der Waals surface area contributed by atoms with Crippen molar-refractivity contribution in [3.05, 3.63) is 24.3 Å². The van der Waals surface area contributed by atoms with Gasteiger partial charge in [0.2, 0.25) is 0 Å². The summed E-state index contributed by atoms with van der Waals surface area (Å²) in [5.74, 6) is 1.52. The molecule has 0 unspecified atom stereocenters. The Hall–Kier alpha value is -1.17. The lowest BCUT2D eigenvalue weighted by atomic mass is 10.2. The summed E-state index contributed by atoms with van der Waals surface area (Å²) in [5.41, 5.74) is 6.35. The van der Waals surface area contributed by atoms with Crippen molar-refractivity contribution in [1.29, 1.82) is 0 Å². The van der Waals surface area contributed by atoms with Gasteiger partial charge in [0.1, 0.15) is 12.4 Å². The maximum absolute atomic E-state index is 5.64. The molecule has 0 aliphatic carbocycles. The number of hydrogen-bond acceptors (Lipinski definition) is 9. The van der Waals surface area contributed by atoms with Crippen LogP contribution in [0.15, 0.2) is 24.3 Å². The quantitative estimate of drug-likeness (QED) is 0.0980. The number of nitrogen functional groups attached to an aromatic ring is 1. The predicted octanol–water partition coefficient (Wildman–Crippen LogP) is 3.56. The molecule has 0 radical (unpaired) electrons. The van der Waals surface area contributed by atoms with E-state index in [1.54, 1.807) is 12.1 Å². The molecule has 0 heterocycles. The third kappa shape index (κ3) is 23.2. The number of hydrogen-bond donors (Lipinski definition) is 1. The molecular formula is C26H46ClNO8. The van der Waals surface area contributed by atoms with Crippen molar-refractivity contribution in [2.75, 3.05) is 111 Å². The van der Waals surface area contributed by atoms with E-state index in [-0.39, 0.29) is 0 Å². The maximum atomic E-state index is 5.64. The van der Waals surface area contributed by atoms with E-state index in [2.05, 4.69) is 0 Å². The van der Waals surface area contributed by atoms with Gasteiger partial charge in [-0.2, -0.15) is 0 Å². The molecule has 1 aromatic rings. The van der Waals surface area contributed by atoms with Crippen LogP contribution in [-0.4, -0.2) is 105 Å². The van der Waals surface area contributed by atoms with Gasteiger partial charge in [-0.15, -0.1) is 11.6 Å². The van der Waals surface area contributed by atoms with Crippen LogP contribution in [0.2, 0.25) is 0 Å². The van der Waals surface area contributed by atoms with Gasteiger partial charge >= 0.3 is 0 Å². The van der Waals surface area contributed by atoms with Crippen LogP contribution in [0, 0.1) is 0 Å². The molecule has 10 heteroatoms. The third-order valence-corrected chi connectivity index (χ3v) is 5.05. The van der Waals surface area contributed by atoms with Crippen molar-refractivity contribution in [3.8, 4) is 5.75 Å². The van der Waals surface area contributed by atoms with Crippen LogP contribution in [0.1, 0.15) is 25.7 Å². The Morgan fingerprint density at radius 2 is 0.806 bits per heavy atom. The molecule has 0 aromatic heterocycles. The van der Waals surface area contributed by atoms with Gasteiger partial charge in [-0.25, -0.2) is 0 Å². The fraction of sp³-hybridized carbons (Fsp3) is 0.769. The zero-order chi connectivity index (χ0) is 25.8. The smallest absolute Gasteiger partial charge is 0.119 e. The van der Waals surface area contributed by atoms with E-state index in [9.17, 15) is 0 Å². The summed E-state index contributed by atoms with van der Waals surface area (Å²) in [6.45, 7) is 8.31. The lowest BCUT2D eigenvalue weighted by Gasteiger charge is -2.09. The van der Waals surface area contributed by atoms with Crippen molar-refractivity contribution < 1.29 is 37.9 Å². The average Bonchev–Trinajstić information content (AvgIpc) is 2.89. The van der Waals surface area contributed by atoms with Gasteiger partial charge in [-0.05, 0) is 37.1 Å². The van der Waals surface area contributed by atoms with Crippen LogP contribution in [-0.2, 0) is 33.2 Å². The molecule has 1 rings (SSSR count). The average molecular weight is 536 g/mol. The van der Waals surface area contributed by atoms with Crippen LogP contribution >= 0.6 is 11.6 Å². The zero-order valence-electron chi connectivity index (χ0n) is 21.7. The first-order valence-corrected chi connectivity index (χ1v) is 13.4. The minimum absolute atomic E-state index is 0.484. The molecular weight excluding hydrogens is 490 g/mol. The van der Waals surface area contributed by atoms with Gasteiger partial charge in [0.15, 0.2) is 0 Å². The fourth-order valence-electron chi connectivity index (χ4n) is 2.86. The SMILES string of the molecule is Nc1ccc(OCCOCCOCCOCCOCCOCCOCCOCCCCCCCl)cc1. The van der Waals surface area contributed by atoms with Gasteiger partial charge in [-0.3, -0.25) is 0 Å². The minimum atomic E-state index is 0.484.